The summed E-state index contributed by atoms with van der Waals surface area (Å²) in [5.41, 5.74) is 3.22. The molecule has 0 radical (unpaired) electrons. The SMILES string of the molecule is Cc1cccc(NC(=O)CCN(c2ccc3c(c2)OCO3)S(C)(=O)=O)c1C. The van der Waals surface area contributed by atoms with Crippen molar-refractivity contribution in [3.8, 4) is 11.5 Å². The van der Waals surface area contributed by atoms with Crippen LogP contribution in [-0.4, -0.2) is 33.9 Å². The number of nitrogens with one attached hydrogen (secondary N) is 1. The first-order valence-corrected chi connectivity index (χ1v) is 10.3. The Morgan fingerprint density at radius 2 is 1.89 bits per heavy atom. The van der Waals surface area contributed by atoms with Crippen molar-refractivity contribution in [3.05, 3.63) is 47.5 Å². The molecular formula is C19H22N2O5S. The zero-order valence-electron chi connectivity index (χ0n) is 15.5. The quantitative estimate of drug-likeness (QED) is 0.820. The van der Waals surface area contributed by atoms with Gasteiger partial charge in [0.1, 0.15) is 0 Å². The Kier molecular flexibility index (Phi) is 5.27. The number of anilines is 2. The molecule has 27 heavy (non-hydrogen) atoms. The zero-order valence-corrected chi connectivity index (χ0v) is 16.3. The lowest BCUT2D eigenvalue weighted by Crippen LogP contribution is -2.33. The smallest absolute Gasteiger partial charge is 0.232 e. The second kappa shape index (κ2) is 7.48. The molecule has 7 nitrogen and oxygen atoms in total. The molecule has 1 heterocycles. The Morgan fingerprint density at radius 1 is 1.15 bits per heavy atom. The topological polar surface area (TPSA) is 84.9 Å². The van der Waals surface area contributed by atoms with Crippen LogP contribution in [0.15, 0.2) is 36.4 Å². The predicted molar refractivity (Wildman–Crippen MR) is 104 cm³/mol. The monoisotopic (exact) mass is 390 g/mol. The van der Waals surface area contributed by atoms with E-state index in [-0.39, 0.29) is 25.7 Å². The number of fused-ring (bicyclic) bond motifs is 1. The van der Waals surface area contributed by atoms with Gasteiger partial charge in [0.05, 0.1) is 11.9 Å². The highest BCUT2D eigenvalue weighted by molar-refractivity contribution is 7.92. The predicted octanol–water partition coefficient (Wildman–Crippen LogP) is 2.83. The molecule has 1 amide bonds. The maximum absolute atomic E-state index is 12.3. The second-order valence-electron chi connectivity index (χ2n) is 6.42. The number of carbonyl (C=O) groups excluding carboxylic acids is 1. The van der Waals surface area contributed by atoms with E-state index in [2.05, 4.69) is 5.32 Å². The van der Waals surface area contributed by atoms with E-state index in [0.29, 0.717) is 17.2 Å². The summed E-state index contributed by atoms with van der Waals surface area (Å²) in [5.74, 6) is 0.805. The number of sulfonamides is 1. The highest BCUT2D eigenvalue weighted by Crippen LogP contribution is 2.36. The summed E-state index contributed by atoms with van der Waals surface area (Å²) in [6.45, 7) is 4.03. The van der Waals surface area contributed by atoms with Crippen LogP contribution >= 0.6 is 0 Å². The van der Waals surface area contributed by atoms with Crippen LogP contribution in [0.1, 0.15) is 17.5 Å². The number of nitrogens with zero attached hydrogens (tertiary/aromatic N) is 1. The lowest BCUT2D eigenvalue weighted by Gasteiger charge is -2.22. The summed E-state index contributed by atoms with van der Waals surface area (Å²) in [5, 5.41) is 2.85. The van der Waals surface area contributed by atoms with Gasteiger partial charge in [-0.1, -0.05) is 12.1 Å². The molecule has 8 heteroatoms. The second-order valence-corrected chi connectivity index (χ2v) is 8.33. The van der Waals surface area contributed by atoms with Gasteiger partial charge in [0.25, 0.3) is 0 Å². The van der Waals surface area contributed by atoms with Gasteiger partial charge >= 0.3 is 0 Å². The van der Waals surface area contributed by atoms with Gasteiger partial charge in [-0.15, -0.1) is 0 Å². The number of rotatable bonds is 6. The van der Waals surface area contributed by atoms with Crippen LogP contribution in [0.2, 0.25) is 0 Å². The minimum Gasteiger partial charge on any atom is -0.454 e. The number of hydrogen-bond donors (Lipinski definition) is 1. The fourth-order valence-corrected chi connectivity index (χ4v) is 3.75. The van der Waals surface area contributed by atoms with E-state index in [1.54, 1.807) is 18.2 Å². The van der Waals surface area contributed by atoms with Crippen LogP contribution in [0.3, 0.4) is 0 Å². The summed E-state index contributed by atoms with van der Waals surface area (Å²) < 4.78 is 36.2. The summed E-state index contributed by atoms with van der Waals surface area (Å²) in [7, 11) is -3.56. The number of carbonyl (C=O) groups is 1. The molecule has 1 N–H and O–H groups in total. The minimum absolute atomic E-state index is 0.0227. The fraction of sp³-hybridized carbons (Fsp3) is 0.316. The number of benzene rings is 2. The van der Waals surface area contributed by atoms with Crippen LogP contribution in [0.5, 0.6) is 11.5 Å². The van der Waals surface area contributed by atoms with E-state index in [4.69, 9.17) is 9.47 Å². The van der Waals surface area contributed by atoms with E-state index in [1.807, 2.05) is 32.0 Å². The van der Waals surface area contributed by atoms with Crippen LogP contribution in [0, 0.1) is 13.8 Å². The molecule has 0 aromatic heterocycles. The third kappa shape index (κ3) is 4.33. The van der Waals surface area contributed by atoms with Gasteiger partial charge < -0.3 is 14.8 Å². The Balaban J connectivity index is 1.72. The van der Waals surface area contributed by atoms with Crippen molar-refractivity contribution < 1.29 is 22.7 Å². The van der Waals surface area contributed by atoms with E-state index in [1.165, 1.54) is 4.31 Å². The Hall–Kier alpha value is -2.74. The van der Waals surface area contributed by atoms with Gasteiger partial charge in [0.2, 0.25) is 22.7 Å². The van der Waals surface area contributed by atoms with Crippen molar-refractivity contribution in [1.29, 1.82) is 0 Å². The van der Waals surface area contributed by atoms with Crippen molar-refractivity contribution in [2.75, 3.05) is 29.2 Å². The number of aryl methyl sites for hydroxylation is 1. The third-order valence-electron chi connectivity index (χ3n) is 4.47. The molecule has 0 saturated heterocycles. The molecule has 3 rings (SSSR count). The fourth-order valence-electron chi connectivity index (χ4n) is 2.83. The maximum Gasteiger partial charge on any atom is 0.232 e. The normalized spacial score (nSPS) is 12.7. The van der Waals surface area contributed by atoms with Gasteiger partial charge in [-0.3, -0.25) is 9.10 Å². The Labute approximate surface area is 158 Å². The molecule has 0 atom stereocenters. The van der Waals surface area contributed by atoms with E-state index < -0.39 is 10.0 Å². The molecule has 0 saturated carbocycles. The van der Waals surface area contributed by atoms with E-state index >= 15 is 0 Å². The first kappa shape index (κ1) is 19.0. The first-order chi connectivity index (χ1) is 12.8. The van der Waals surface area contributed by atoms with Gasteiger partial charge in [0, 0.05) is 24.7 Å². The average molecular weight is 390 g/mol. The van der Waals surface area contributed by atoms with Crippen molar-refractivity contribution in [2.45, 2.75) is 20.3 Å². The first-order valence-electron chi connectivity index (χ1n) is 8.49. The van der Waals surface area contributed by atoms with Crippen LogP contribution in [-0.2, 0) is 14.8 Å². The van der Waals surface area contributed by atoms with Crippen molar-refractivity contribution in [3.63, 3.8) is 0 Å². The minimum atomic E-state index is -3.56. The third-order valence-corrected chi connectivity index (χ3v) is 5.66. The number of ether oxygens (including phenoxy) is 2. The summed E-state index contributed by atoms with van der Waals surface area (Å²) in [6.07, 6.45) is 1.13. The summed E-state index contributed by atoms with van der Waals surface area (Å²) >= 11 is 0. The molecule has 2 aromatic carbocycles. The van der Waals surface area contributed by atoms with Crippen molar-refractivity contribution in [2.24, 2.45) is 0 Å². The average Bonchev–Trinajstić information content (AvgIpc) is 3.06. The molecule has 0 aliphatic carbocycles. The summed E-state index contributed by atoms with van der Waals surface area (Å²) in [4.78, 5) is 12.3. The largest absolute Gasteiger partial charge is 0.454 e. The van der Waals surface area contributed by atoms with Gasteiger partial charge in [-0.25, -0.2) is 8.42 Å². The maximum atomic E-state index is 12.3. The molecule has 1 aliphatic rings. The molecule has 0 spiro atoms. The Morgan fingerprint density at radius 3 is 2.63 bits per heavy atom. The molecule has 144 valence electrons. The standard InChI is InChI=1S/C19H22N2O5S/c1-13-5-4-6-16(14(13)2)20-19(22)9-10-21(27(3,23)24)15-7-8-17-18(11-15)26-12-25-17/h4-8,11H,9-10,12H2,1-3H3,(H,20,22). The number of amides is 1. The van der Waals surface area contributed by atoms with Gasteiger partial charge in [-0.05, 0) is 43.2 Å². The highest BCUT2D eigenvalue weighted by atomic mass is 32.2. The molecular weight excluding hydrogens is 368 g/mol. The molecule has 1 aliphatic heterocycles. The molecule has 2 aromatic rings. The van der Waals surface area contributed by atoms with Crippen LogP contribution in [0.4, 0.5) is 11.4 Å². The van der Waals surface area contributed by atoms with E-state index in [9.17, 15) is 13.2 Å². The highest BCUT2D eigenvalue weighted by Gasteiger charge is 2.22. The lowest BCUT2D eigenvalue weighted by molar-refractivity contribution is -0.116. The molecule has 0 unspecified atom stereocenters. The van der Waals surface area contributed by atoms with Gasteiger partial charge in [0.15, 0.2) is 11.5 Å². The Bertz CT molecular complexity index is 972. The molecule has 0 bridgehead atoms. The number of hydrogen-bond acceptors (Lipinski definition) is 5. The van der Waals surface area contributed by atoms with Crippen LogP contribution < -0.4 is 19.1 Å². The summed E-state index contributed by atoms with van der Waals surface area (Å²) in [6, 6.07) is 10.6. The zero-order chi connectivity index (χ0) is 19.6. The van der Waals surface area contributed by atoms with Crippen molar-refractivity contribution >= 4 is 27.3 Å². The molecule has 0 fully saturated rings. The van der Waals surface area contributed by atoms with Crippen LogP contribution in [0.25, 0.3) is 0 Å². The van der Waals surface area contributed by atoms with E-state index in [0.717, 1.165) is 23.1 Å². The van der Waals surface area contributed by atoms with Crippen molar-refractivity contribution in [1.82, 2.24) is 0 Å². The van der Waals surface area contributed by atoms with Gasteiger partial charge in [-0.2, -0.15) is 0 Å². The lowest BCUT2D eigenvalue weighted by atomic mass is 10.1.